The summed E-state index contributed by atoms with van der Waals surface area (Å²) in [5.41, 5.74) is 1.40. The van der Waals surface area contributed by atoms with Crippen molar-refractivity contribution in [2.75, 3.05) is 37.4 Å². The number of hydrogen-bond donors (Lipinski definition) is 4. The average molecular weight is 512 g/mol. The highest BCUT2D eigenvalue weighted by molar-refractivity contribution is 5.99. The second kappa shape index (κ2) is 12.4. The van der Waals surface area contributed by atoms with Crippen molar-refractivity contribution in [3.05, 3.63) is 54.1 Å². The number of hydrogen-bond acceptors (Lipinski definition) is 5. The van der Waals surface area contributed by atoms with Gasteiger partial charge in [-0.1, -0.05) is 25.1 Å². The zero-order valence-electron chi connectivity index (χ0n) is 22.0. The molecule has 5 amide bonds. The Hall–Kier alpha value is -3.79. The minimum atomic E-state index is -0.435. The first-order valence-electron chi connectivity index (χ1n) is 12.5. The molecule has 0 bridgehead atoms. The number of likely N-dealkylation sites (N-methyl/N-ethyl adjacent to an activating group) is 1. The molecule has 0 aliphatic carbocycles. The maximum atomic E-state index is 13.5. The Morgan fingerprint density at radius 3 is 2.46 bits per heavy atom. The summed E-state index contributed by atoms with van der Waals surface area (Å²) in [4.78, 5) is 41.7. The van der Waals surface area contributed by atoms with Crippen molar-refractivity contribution in [1.82, 2.24) is 15.1 Å². The first-order chi connectivity index (χ1) is 17.6. The highest BCUT2D eigenvalue weighted by Crippen LogP contribution is 2.30. The van der Waals surface area contributed by atoms with Gasteiger partial charge in [0.2, 0.25) is 0 Å². The summed E-state index contributed by atoms with van der Waals surface area (Å²) in [6.45, 7) is 7.83. The molecule has 2 aromatic rings. The van der Waals surface area contributed by atoms with Gasteiger partial charge < -0.3 is 35.6 Å². The summed E-state index contributed by atoms with van der Waals surface area (Å²) in [5.74, 6) is -0.0963. The van der Waals surface area contributed by atoms with Gasteiger partial charge in [0.25, 0.3) is 5.91 Å². The van der Waals surface area contributed by atoms with Crippen LogP contribution in [0.2, 0.25) is 0 Å². The number of anilines is 2. The molecular weight excluding hydrogens is 474 g/mol. The largest absolute Gasteiger partial charge is 0.487 e. The first kappa shape index (κ1) is 27.8. The third kappa shape index (κ3) is 7.36. The van der Waals surface area contributed by atoms with E-state index in [1.54, 1.807) is 42.0 Å². The van der Waals surface area contributed by atoms with Crippen LogP contribution in [0.5, 0.6) is 5.75 Å². The van der Waals surface area contributed by atoms with E-state index in [4.69, 9.17) is 4.74 Å². The number of nitrogens with zero attached hydrogens (tertiary/aromatic N) is 2. The standard InChI is InChI=1S/C27H37N5O5/c1-17(2)28-26(35)29-21-11-12-23-22(13-21)25(34)32(19(4)16-33)14-18(3)24(37-23)15-31(5)27(36)30-20-9-7-6-8-10-20/h6-13,17-19,24,33H,14-16H2,1-5H3,(H,30,36)(H2,28,29,35)/t18-,19+,24-/m1/s1. The molecule has 4 N–H and O–H groups in total. The summed E-state index contributed by atoms with van der Waals surface area (Å²) >= 11 is 0. The molecule has 0 saturated carbocycles. The summed E-state index contributed by atoms with van der Waals surface area (Å²) in [6, 6.07) is 12.9. The number of carbonyl (C=O) groups is 3. The maximum absolute atomic E-state index is 13.5. The fourth-order valence-corrected chi connectivity index (χ4v) is 4.04. The lowest BCUT2D eigenvalue weighted by molar-refractivity contribution is 0.0371. The molecule has 3 atom stereocenters. The Balaban J connectivity index is 1.86. The Labute approximate surface area is 218 Å². The van der Waals surface area contributed by atoms with Crippen molar-refractivity contribution in [2.24, 2.45) is 5.92 Å². The van der Waals surface area contributed by atoms with E-state index in [1.807, 2.05) is 51.1 Å². The van der Waals surface area contributed by atoms with E-state index >= 15 is 0 Å². The number of benzene rings is 2. The number of para-hydroxylation sites is 1. The van der Waals surface area contributed by atoms with Gasteiger partial charge in [-0.3, -0.25) is 4.79 Å². The minimum Gasteiger partial charge on any atom is -0.487 e. The summed E-state index contributed by atoms with van der Waals surface area (Å²) < 4.78 is 6.32. The normalized spacial score (nSPS) is 18.1. The van der Waals surface area contributed by atoms with Crippen LogP contribution in [0.25, 0.3) is 0 Å². The number of urea groups is 2. The molecule has 200 valence electrons. The molecule has 1 heterocycles. The van der Waals surface area contributed by atoms with Crippen molar-refractivity contribution in [2.45, 2.75) is 45.9 Å². The van der Waals surface area contributed by atoms with Crippen molar-refractivity contribution >= 4 is 29.3 Å². The zero-order chi connectivity index (χ0) is 27.1. The van der Waals surface area contributed by atoms with Crippen LogP contribution in [0.3, 0.4) is 0 Å². The lowest BCUT2D eigenvalue weighted by Crippen LogP contribution is -2.50. The third-order valence-electron chi connectivity index (χ3n) is 6.17. The second-order valence-electron chi connectivity index (χ2n) is 9.76. The van der Waals surface area contributed by atoms with Crippen molar-refractivity contribution in [3.8, 4) is 5.75 Å². The van der Waals surface area contributed by atoms with Gasteiger partial charge in [-0.15, -0.1) is 0 Å². The Kier molecular flexibility index (Phi) is 9.35. The maximum Gasteiger partial charge on any atom is 0.321 e. The molecule has 0 fully saturated rings. The van der Waals surface area contributed by atoms with Gasteiger partial charge >= 0.3 is 12.1 Å². The van der Waals surface area contributed by atoms with Gasteiger partial charge in [0.1, 0.15) is 11.9 Å². The summed E-state index contributed by atoms with van der Waals surface area (Å²) in [5, 5.41) is 18.2. The Morgan fingerprint density at radius 1 is 1.11 bits per heavy atom. The molecular formula is C27H37N5O5. The second-order valence-corrected chi connectivity index (χ2v) is 9.76. The van der Waals surface area contributed by atoms with E-state index in [2.05, 4.69) is 16.0 Å². The number of amides is 5. The molecule has 0 unspecified atom stereocenters. The van der Waals surface area contributed by atoms with Gasteiger partial charge in [0.05, 0.1) is 24.8 Å². The van der Waals surface area contributed by atoms with E-state index in [0.717, 1.165) is 0 Å². The highest BCUT2D eigenvalue weighted by Gasteiger charge is 2.34. The van der Waals surface area contributed by atoms with Crippen LogP contribution < -0.4 is 20.7 Å². The van der Waals surface area contributed by atoms with Gasteiger partial charge in [-0.05, 0) is 51.1 Å². The fourth-order valence-electron chi connectivity index (χ4n) is 4.04. The first-order valence-corrected chi connectivity index (χ1v) is 12.5. The molecule has 10 nitrogen and oxygen atoms in total. The van der Waals surface area contributed by atoms with Crippen LogP contribution in [0.1, 0.15) is 38.1 Å². The van der Waals surface area contributed by atoms with Crippen molar-refractivity contribution < 1.29 is 24.2 Å². The topological polar surface area (TPSA) is 123 Å². The van der Waals surface area contributed by atoms with E-state index in [9.17, 15) is 19.5 Å². The molecule has 0 spiro atoms. The number of fused-ring (bicyclic) bond motifs is 1. The molecule has 37 heavy (non-hydrogen) atoms. The quantitative estimate of drug-likeness (QED) is 0.452. The summed E-state index contributed by atoms with van der Waals surface area (Å²) in [7, 11) is 1.69. The average Bonchev–Trinajstić information content (AvgIpc) is 2.86. The third-order valence-corrected chi connectivity index (χ3v) is 6.17. The van der Waals surface area contributed by atoms with Crippen LogP contribution in [0, 0.1) is 5.92 Å². The molecule has 1 aliphatic rings. The molecule has 1 aliphatic heterocycles. The summed E-state index contributed by atoms with van der Waals surface area (Å²) in [6.07, 6.45) is -0.435. The molecule has 0 aromatic heterocycles. The number of ether oxygens (including phenoxy) is 1. The van der Waals surface area contributed by atoms with Crippen LogP contribution in [0.15, 0.2) is 48.5 Å². The van der Waals surface area contributed by atoms with E-state index in [1.165, 1.54) is 0 Å². The van der Waals surface area contributed by atoms with E-state index < -0.39 is 12.1 Å². The molecule has 2 aromatic carbocycles. The fraction of sp³-hybridized carbons (Fsp3) is 0.444. The number of carbonyl (C=O) groups excluding carboxylic acids is 3. The monoisotopic (exact) mass is 511 g/mol. The van der Waals surface area contributed by atoms with Crippen LogP contribution in [-0.4, -0.2) is 77.8 Å². The van der Waals surface area contributed by atoms with Gasteiger partial charge in [-0.25, -0.2) is 9.59 Å². The zero-order valence-corrected chi connectivity index (χ0v) is 22.0. The van der Waals surface area contributed by atoms with Gasteiger partial charge in [0, 0.05) is 36.9 Å². The van der Waals surface area contributed by atoms with Gasteiger partial charge in [-0.2, -0.15) is 0 Å². The lowest BCUT2D eigenvalue weighted by Gasteiger charge is -2.38. The SMILES string of the molecule is CC(C)NC(=O)Nc1ccc2c(c1)C(=O)N([C@@H](C)CO)C[C@@H](C)[C@@H](CN(C)C(=O)Nc1ccccc1)O2. The van der Waals surface area contributed by atoms with Gasteiger partial charge in [0.15, 0.2) is 0 Å². The highest BCUT2D eigenvalue weighted by atomic mass is 16.5. The number of aliphatic hydroxyl groups excluding tert-OH is 1. The van der Waals surface area contributed by atoms with Crippen LogP contribution in [0.4, 0.5) is 21.0 Å². The predicted octanol–water partition coefficient (Wildman–Crippen LogP) is 3.60. The van der Waals surface area contributed by atoms with Crippen molar-refractivity contribution in [1.29, 1.82) is 0 Å². The minimum absolute atomic E-state index is 0.0477. The molecule has 3 rings (SSSR count). The van der Waals surface area contributed by atoms with Crippen molar-refractivity contribution in [3.63, 3.8) is 0 Å². The Morgan fingerprint density at radius 2 is 1.81 bits per heavy atom. The Bertz CT molecular complexity index is 1090. The molecule has 10 heteroatoms. The van der Waals surface area contributed by atoms with Crippen LogP contribution in [-0.2, 0) is 0 Å². The number of nitrogens with one attached hydrogen (secondary N) is 3. The lowest BCUT2D eigenvalue weighted by atomic mass is 9.99. The van der Waals surface area contributed by atoms with Crippen LogP contribution >= 0.6 is 0 Å². The molecule has 0 radical (unpaired) electrons. The molecule has 0 saturated heterocycles. The number of aliphatic hydroxyl groups is 1. The van der Waals surface area contributed by atoms with E-state index in [0.29, 0.717) is 23.7 Å². The smallest absolute Gasteiger partial charge is 0.321 e. The van der Waals surface area contributed by atoms with E-state index in [-0.39, 0.29) is 48.6 Å². The number of rotatable bonds is 7. The predicted molar refractivity (Wildman–Crippen MR) is 143 cm³/mol.